The van der Waals surface area contributed by atoms with Gasteiger partial charge in [-0.3, -0.25) is 0 Å². The van der Waals surface area contributed by atoms with Crippen molar-refractivity contribution in [3.63, 3.8) is 0 Å². The lowest BCUT2D eigenvalue weighted by atomic mass is 10.2. The van der Waals surface area contributed by atoms with E-state index >= 15 is 0 Å². The van der Waals surface area contributed by atoms with Crippen molar-refractivity contribution in [1.29, 1.82) is 5.26 Å². The molecule has 18 heavy (non-hydrogen) atoms. The maximum Gasteiger partial charge on any atom is 0.127 e. The molecule has 0 aromatic carbocycles. The molecule has 0 atom stereocenters. The van der Waals surface area contributed by atoms with Gasteiger partial charge in [-0.2, -0.15) is 5.26 Å². The fraction of sp³-hybridized carbons (Fsp3) is 0.308. The van der Waals surface area contributed by atoms with Crippen molar-refractivity contribution in [3.05, 3.63) is 42.6 Å². The number of pyridine rings is 1. The van der Waals surface area contributed by atoms with Crippen LogP contribution in [0.15, 0.2) is 37.1 Å². The lowest BCUT2D eigenvalue weighted by Gasteiger charge is -2.05. The number of nitrogens with one attached hydrogen (secondary N) is 1. The number of aromatic nitrogens is 3. The summed E-state index contributed by atoms with van der Waals surface area (Å²) in [5.74, 6) is 0.761. The van der Waals surface area contributed by atoms with Crippen molar-refractivity contribution < 1.29 is 0 Å². The number of rotatable bonds is 6. The average Bonchev–Trinajstić information content (AvgIpc) is 2.92. The minimum absolute atomic E-state index is 0.630. The molecule has 0 fully saturated rings. The summed E-state index contributed by atoms with van der Waals surface area (Å²) in [6.45, 7) is 1.84. The molecule has 5 heteroatoms. The Morgan fingerprint density at radius 3 is 3.06 bits per heavy atom. The van der Waals surface area contributed by atoms with Crippen LogP contribution < -0.4 is 5.32 Å². The fourth-order valence-electron chi connectivity index (χ4n) is 1.65. The Hall–Kier alpha value is -2.35. The lowest BCUT2D eigenvalue weighted by Crippen LogP contribution is -2.05. The first kappa shape index (κ1) is 12.1. The highest BCUT2D eigenvalue weighted by Gasteiger charge is 1.96. The SMILES string of the molecule is N#Cc1ccnc(NCCCCn2ccnc2)c1. The second kappa shape index (κ2) is 6.40. The molecular formula is C13H15N5. The van der Waals surface area contributed by atoms with E-state index in [9.17, 15) is 0 Å². The van der Waals surface area contributed by atoms with Gasteiger partial charge in [0.25, 0.3) is 0 Å². The van der Waals surface area contributed by atoms with Gasteiger partial charge in [0.15, 0.2) is 0 Å². The van der Waals surface area contributed by atoms with E-state index < -0.39 is 0 Å². The number of imidazole rings is 1. The maximum atomic E-state index is 8.76. The first-order valence-corrected chi connectivity index (χ1v) is 5.94. The number of nitrogens with zero attached hydrogens (tertiary/aromatic N) is 4. The molecule has 0 aliphatic heterocycles. The van der Waals surface area contributed by atoms with Gasteiger partial charge in [-0.15, -0.1) is 0 Å². The third-order valence-electron chi connectivity index (χ3n) is 2.60. The molecule has 2 heterocycles. The van der Waals surface area contributed by atoms with Crippen molar-refractivity contribution in [2.24, 2.45) is 0 Å². The van der Waals surface area contributed by atoms with Gasteiger partial charge >= 0.3 is 0 Å². The van der Waals surface area contributed by atoms with Gasteiger partial charge in [0.2, 0.25) is 0 Å². The van der Waals surface area contributed by atoms with Crippen LogP contribution in [0.5, 0.6) is 0 Å². The van der Waals surface area contributed by atoms with E-state index in [1.165, 1.54) is 0 Å². The van der Waals surface area contributed by atoms with Gasteiger partial charge in [-0.1, -0.05) is 0 Å². The van der Waals surface area contributed by atoms with Crippen LogP contribution in [0.4, 0.5) is 5.82 Å². The first-order chi connectivity index (χ1) is 8.88. The molecule has 0 amide bonds. The number of nitriles is 1. The number of hydrogen-bond donors (Lipinski definition) is 1. The van der Waals surface area contributed by atoms with E-state index in [1.807, 2.05) is 12.5 Å². The third-order valence-corrected chi connectivity index (χ3v) is 2.60. The molecule has 0 spiro atoms. The Labute approximate surface area is 106 Å². The second-order valence-electron chi connectivity index (χ2n) is 3.98. The Balaban J connectivity index is 1.67. The van der Waals surface area contributed by atoms with Crippen molar-refractivity contribution in [3.8, 4) is 6.07 Å². The summed E-state index contributed by atoms with van der Waals surface area (Å²) >= 11 is 0. The maximum absolute atomic E-state index is 8.76. The van der Waals surface area contributed by atoms with Crippen molar-refractivity contribution in [2.45, 2.75) is 19.4 Å². The molecule has 0 unspecified atom stereocenters. The van der Waals surface area contributed by atoms with Gasteiger partial charge < -0.3 is 9.88 Å². The Morgan fingerprint density at radius 2 is 2.28 bits per heavy atom. The molecule has 5 nitrogen and oxygen atoms in total. The van der Waals surface area contributed by atoms with Crippen LogP contribution >= 0.6 is 0 Å². The lowest BCUT2D eigenvalue weighted by molar-refractivity contribution is 0.620. The molecular weight excluding hydrogens is 226 g/mol. The van der Waals surface area contributed by atoms with E-state index in [1.54, 1.807) is 24.5 Å². The number of hydrogen-bond acceptors (Lipinski definition) is 4. The zero-order valence-electron chi connectivity index (χ0n) is 10.1. The normalized spacial score (nSPS) is 9.94. The Morgan fingerprint density at radius 1 is 1.33 bits per heavy atom. The summed E-state index contributed by atoms with van der Waals surface area (Å²) in [5, 5.41) is 12.0. The molecule has 92 valence electrons. The third kappa shape index (κ3) is 3.59. The van der Waals surface area contributed by atoms with E-state index in [4.69, 9.17) is 5.26 Å². The van der Waals surface area contributed by atoms with Crippen LogP contribution in [-0.2, 0) is 6.54 Å². The minimum Gasteiger partial charge on any atom is -0.370 e. The highest BCUT2D eigenvalue weighted by atomic mass is 15.0. The topological polar surface area (TPSA) is 66.5 Å². The number of unbranched alkanes of at least 4 members (excludes halogenated alkanes) is 1. The molecule has 0 radical (unpaired) electrons. The average molecular weight is 241 g/mol. The van der Waals surface area contributed by atoms with Gasteiger partial charge in [0, 0.05) is 31.7 Å². The summed E-state index contributed by atoms with van der Waals surface area (Å²) in [5.41, 5.74) is 0.630. The molecule has 0 aliphatic rings. The quantitative estimate of drug-likeness (QED) is 0.786. The van der Waals surface area contributed by atoms with Crippen LogP contribution in [0, 0.1) is 11.3 Å². The predicted molar refractivity (Wildman–Crippen MR) is 68.9 cm³/mol. The van der Waals surface area contributed by atoms with Gasteiger partial charge in [-0.05, 0) is 25.0 Å². The van der Waals surface area contributed by atoms with Gasteiger partial charge in [-0.25, -0.2) is 9.97 Å². The summed E-state index contributed by atoms with van der Waals surface area (Å²) in [6.07, 6.45) is 9.36. The van der Waals surface area contributed by atoms with Crippen molar-refractivity contribution >= 4 is 5.82 Å². The first-order valence-electron chi connectivity index (χ1n) is 5.94. The molecule has 2 rings (SSSR count). The highest BCUT2D eigenvalue weighted by Crippen LogP contribution is 2.05. The smallest absolute Gasteiger partial charge is 0.127 e. The summed E-state index contributed by atoms with van der Waals surface area (Å²) in [6, 6.07) is 5.56. The molecule has 1 N–H and O–H groups in total. The van der Waals surface area contributed by atoms with Crippen LogP contribution in [0.2, 0.25) is 0 Å². The number of anilines is 1. The summed E-state index contributed by atoms with van der Waals surface area (Å²) < 4.78 is 2.06. The van der Waals surface area contributed by atoms with Crippen LogP contribution in [0.3, 0.4) is 0 Å². The van der Waals surface area contributed by atoms with Crippen LogP contribution in [0.25, 0.3) is 0 Å². The molecule has 2 aromatic heterocycles. The Bertz CT molecular complexity index is 512. The molecule has 0 bridgehead atoms. The molecule has 0 aliphatic carbocycles. The fourth-order valence-corrected chi connectivity index (χ4v) is 1.65. The zero-order chi connectivity index (χ0) is 12.6. The van der Waals surface area contributed by atoms with E-state index in [0.29, 0.717) is 5.56 Å². The second-order valence-corrected chi connectivity index (χ2v) is 3.98. The zero-order valence-corrected chi connectivity index (χ0v) is 10.1. The van der Waals surface area contributed by atoms with Crippen molar-refractivity contribution in [2.75, 3.05) is 11.9 Å². The van der Waals surface area contributed by atoms with E-state index in [-0.39, 0.29) is 0 Å². The van der Waals surface area contributed by atoms with Gasteiger partial charge in [0.1, 0.15) is 5.82 Å². The minimum atomic E-state index is 0.630. The standard InChI is InChI=1S/C13H15N5/c14-10-12-3-5-17-13(9-12)16-4-1-2-7-18-8-6-15-11-18/h3,5-6,8-9,11H,1-2,4,7H2,(H,16,17). The van der Waals surface area contributed by atoms with E-state index in [2.05, 4.69) is 25.9 Å². The Kier molecular flexibility index (Phi) is 4.31. The molecule has 0 saturated carbocycles. The highest BCUT2D eigenvalue weighted by molar-refractivity contribution is 5.42. The molecule has 2 aromatic rings. The van der Waals surface area contributed by atoms with Gasteiger partial charge in [0.05, 0.1) is 18.0 Å². The summed E-state index contributed by atoms with van der Waals surface area (Å²) in [4.78, 5) is 8.15. The molecule has 0 saturated heterocycles. The largest absolute Gasteiger partial charge is 0.370 e. The van der Waals surface area contributed by atoms with Crippen LogP contribution in [0.1, 0.15) is 18.4 Å². The number of aryl methyl sites for hydroxylation is 1. The summed E-state index contributed by atoms with van der Waals surface area (Å²) in [7, 11) is 0. The van der Waals surface area contributed by atoms with Crippen LogP contribution in [-0.4, -0.2) is 21.1 Å². The van der Waals surface area contributed by atoms with E-state index in [0.717, 1.165) is 31.7 Å². The van der Waals surface area contributed by atoms with Crippen molar-refractivity contribution in [1.82, 2.24) is 14.5 Å². The predicted octanol–water partition coefficient (Wildman–Crippen LogP) is 2.04. The monoisotopic (exact) mass is 241 g/mol.